The van der Waals surface area contributed by atoms with Crippen LogP contribution in [0.3, 0.4) is 0 Å². The number of nitrogens with one attached hydrogen (secondary N) is 2. The van der Waals surface area contributed by atoms with Crippen molar-refractivity contribution >= 4 is 13.7 Å². The monoisotopic (exact) mass is 429 g/mol. The van der Waals surface area contributed by atoms with Crippen LogP contribution < -0.4 is 26.4 Å². The minimum atomic E-state index is -5.24. The number of phosphoric ester groups is 1. The molecule has 0 spiro atoms. The number of aromatic nitrogens is 2. The lowest BCUT2D eigenvalue weighted by atomic mass is 10.2. The maximum absolute atomic E-state index is 12.1. The van der Waals surface area contributed by atoms with Crippen molar-refractivity contribution in [1.29, 1.82) is 0 Å². The zero-order valence-electron chi connectivity index (χ0n) is 15.5. The number of aliphatic hydroxyl groups is 1. The molecule has 2 heterocycles. The highest BCUT2D eigenvalue weighted by Crippen LogP contribution is 2.31. The average molecular weight is 429 g/mol. The second-order valence-electron chi connectivity index (χ2n) is 6.21. The number of carbonyl (C=O) groups excluding carboxylic acids is 1. The second-order valence-corrected chi connectivity index (χ2v) is 7.37. The number of aliphatic hydroxyl groups excluding tert-OH is 1. The van der Waals surface area contributed by atoms with E-state index in [1.165, 1.54) is 0 Å². The Balaban J connectivity index is 2.11. The standard InChI is InChI=1S/C16H22N3O9P/c1-2-4-13(21)17-6-3-5-10-8-19(16(23)18-15(10)22)14-7-11(20)12(28-14)9-27-29(24,25)26/h8,11-12,14,20H,2,4,6-7,9H2,1H3,(H,17,21)(H,18,22,23)(H2,24,25,26)/p-2/t11-,12+,14+/m0/s1. The number of H-pyrrole nitrogens is 1. The van der Waals surface area contributed by atoms with Crippen molar-refractivity contribution in [3.05, 3.63) is 32.6 Å². The summed E-state index contributed by atoms with van der Waals surface area (Å²) in [6, 6.07) is 0. The number of aromatic amines is 1. The van der Waals surface area contributed by atoms with Gasteiger partial charge in [-0.2, -0.15) is 0 Å². The van der Waals surface area contributed by atoms with Crippen molar-refractivity contribution in [3.8, 4) is 11.8 Å². The number of rotatable bonds is 7. The molecule has 29 heavy (non-hydrogen) atoms. The smallest absolute Gasteiger partial charge is 0.330 e. The van der Waals surface area contributed by atoms with Gasteiger partial charge in [0, 0.05) is 19.0 Å². The van der Waals surface area contributed by atoms with Crippen LogP contribution in [0.15, 0.2) is 15.8 Å². The molecule has 1 aromatic heterocycles. The summed E-state index contributed by atoms with van der Waals surface area (Å²) in [7, 11) is -5.24. The van der Waals surface area contributed by atoms with Gasteiger partial charge in [0.15, 0.2) is 0 Å². The van der Waals surface area contributed by atoms with Gasteiger partial charge < -0.3 is 34.0 Å². The Bertz CT molecular complexity index is 955. The van der Waals surface area contributed by atoms with E-state index in [9.17, 15) is 33.8 Å². The number of amides is 1. The molecule has 13 heteroatoms. The molecule has 12 nitrogen and oxygen atoms in total. The Kier molecular flexibility index (Phi) is 7.92. The van der Waals surface area contributed by atoms with Gasteiger partial charge in [-0.1, -0.05) is 18.8 Å². The molecule has 0 aromatic carbocycles. The van der Waals surface area contributed by atoms with Gasteiger partial charge in [-0.3, -0.25) is 19.1 Å². The van der Waals surface area contributed by atoms with Crippen molar-refractivity contribution in [2.45, 2.75) is 44.6 Å². The summed E-state index contributed by atoms with van der Waals surface area (Å²) in [6.45, 7) is 1.16. The normalized spacial score (nSPS) is 21.4. The number of nitrogens with zero attached hydrogens (tertiary/aromatic N) is 1. The summed E-state index contributed by atoms with van der Waals surface area (Å²) in [5.74, 6) is 4.96. The lowest BCUT2D eigenvalue weighted by molar-refractivity contribution is -0.343. The highest BCUT2D eigenvalue weighted by Gasteiger charge is 2.36. The fourth-order valence-corrected chi connectivity index (χ4v) is 2.92. The number of hydrogen-bond donors (Lipinski definition) is 3. The van der Waals surface area contributed by atoms with Crippen LogP contribution in [0.5, 0.6) is 0 Å². The van der Waals surface area contributed by atoms with Crippen LogP contribution in [0.1, 0.15) is 38.0 Å². The molecule has 160 valence electrons. The molecule has 0 aliphatic carbocycles. The summed E-state index contributed by atoms with van der Waals surface area (Å²) >= 11 is 0. The lowest BCUT2D eigenvalue weighted by Crippen LogP contribution is -2.34. The fraction of sp³-hybridized carbons (Fsp3) is 0.562. The third kappa shape index (κ3) is 6.93. The van der Waals surface area contributed by atoms with Gasteiger partial charge in [-0.15, -0.1) is 0 Å². The maximum Gasteiger partial charge on any atom is 0.330 e. The molecule has 1 saturated heterocycles. The van der Waals surface area contributed by atoms with Crippen LogP contribution in [0.4, 0.5) is 0 Å². The van der Waals surface area contributed by atoms with E-state index in [0.29, 0.717) is 12.8 Å². The van der Waals surface area contributed by atoms with E-state index in [2.05, 4.69) is 26.7 Å². The van der Waals surface area contributed by atoms with Crippen molar-refractivity contribution in [3.63, 3.8) is 0 Å². The van der Waals surface area contributed by atoms with Crippen molar-refractivity contribution in [1.82, 2.24) is 14.9 Å². The molecule has 1 aromatic rings. The van der Waals surface area contributed by atoms with E-state index in [-0.39, 0.29) is 24.4 Å². The summed E-state index contributed by atoms with van der Waals surface area (Å²) in [6.07, 6.45) is -1.33. The van der Waals surface area contributed by atoms with E-state index < -0.39 is 44.1 Å². The third-order valence-electron chi connectivity index (χ3n) is 3.95. The maximum atomic E-state index is 12.1. The third-order valence-corrected chi connectivity index (χ3v) is 4.42. The van der Waals surface area contributed by atoms with Crippen LogP contribution in [0, 0.1) is 11.8 Å². The first-order chi connectivity index (χ1) is 13.6. The average Bonchev–Trinajstić information content (AvgIpc) is 2.98. The molecule has 0 saturated carbocycles. The van der Waals surface area contributed by atoms with Gasteiger partial charge in [0.2, 0.25) is 5.91 Å². The van der Waals surface area contributed by atoms with E-state index in [1.54, 1.807) is 0 Å². The van der Waals surface area contributed by atoms with Crippen LogP contribution in [0.2, 0.25) is 0 Å². The highest BCUT2D eigenvalue weighted by atomic mass is 31.2. The van der Waals surface area contributed by atoms with Crippen molar-refractivity contribution < 1.29 is 33.5 Å². The van der Waals surface area contributed by atoms with E-state index in [4.69, 9.17) is 4.74 Å². The second kappa shape index (κ2) is 9.98. The minimum Gasteiger partial charge on any atom is -0.790 e. The number of carbonyl (C=O) groups is 1. The summed E-state index contributed by atoms with van der Waals surface area (Å²) in [5.41, 5.74) is -1.64. The Hall–Kier alpha value is -2.26. The van der Waals surface area contributed by atoms with Crippen LogP contribution >= 0.6 is 7.82 Å². The number of phosphoric acid groups is 1. The molecule has 2 rings (SSSR count). The number of ether oxygens (including phenoxy) is 1. The molecular weight excluding hydrogens is 409 g/mol. The van der Waals surface area contributed by atoms with E-state index in [1.807, 2.05) is 6.92 Å². The first-order valence-corrected chi connectivity index (χ1v) is 10.2. The fourth-order valence-electron chi connectivity index (χ4n) is 2.59. The Labute approximate surface area is 165 Å². The highest BCUT2D eigenvalue weighted by molar-refractivity contribution is 7.43. The van der Waals surface area contributed by atoms with Crippen molar-refractivity contribution in [2.75, 3.05) is 13.2 Å². The molecule has 0 radical (unpaired) electrons. The van der Waals surface area contributed by atoms with Gasteiger partial charge in [0.1, 0.15) is 17.9 Å². The Morgan fingerprint density at radius 2 is 2.24 bits per heavy atom. The lowest BCUT2D eigenvalue weighted by Gasteiger charge is -2.30. The van der Waals surface area contributed by atoms with Gasteiger partial charge >= 0.3 is 5.69 Å². The van der Waals surface area contributed by atoms with Crippen LogP contribution in [0.25, 0.3) is 0 Å². The predicted molar refractivity (Wildman–Crippen MR) is 94.2 cm³/mol. The minimum absolute atomic E-state index is 0.0138. The quantitative estimate of drug-likeness (QED) is 0.306. The molecule has 0 bridgehead atoms. The summed E-state index contributed by atoms with van der Waals surface area (Å²) in [4.78, 5) is 58.5. The molecular formula is C16H20N3O9P-2. The number of hydrogen-bond acceptors (Lipinski definition) is 9. The molecule has 1 aliphatic heterocycles. The van der Waals surface area contributed by atoms with E-state index in [0.717, 1.165) is 10.8 Å². The molecule has 1 amide bonds. The summed E-state index contributed by atoms with van der Waals surface area (Å²) in [5, 5.41) is 12.5. The zero-order valence-corrected chi connectivity index (χ0v) is 16.3. The van der Waals surface area contributed by atoms with Gasteiger partial charge in [-0.25, -0.2) is 4.79 Å². The first kappa shape index (κ1) is 23.0. The van der Waals surface area contributed by atoms with Crippen molar-refractivity contribution in [2.24, 2.45) is 0 Å². The Morgan fingerprint density at radius 3 is 2.90 bits per heavy atom. The van der Waals surface area contributed by atoms with Gasteiger partial charge in [-0.05, 0) is 6.42 Å². The largest absolute Gasteiger partial charge is 0.790 e. The topological polar surface area (TPSA) is 186 Å². The molecule has 1 aliphatic rings. The molecule has 3 N–H and O–H groups in total. The van der Waals surface area contributed by atoms with Gasteiger partial charge in [0.05, 0.1) is 27.1 Å². The van der Waals surface area contributed by atoms with E-state index >= 15 is 0 Å². The SMILES string of the molecule is CCCC(=O)NCC#Cc1cn([C@H]2C[C@H](O)[C@@H](COP(=O)([O-])[O-])O2)c(=O)[nH]c1=O. The predicted octanol–water partition coefficient (Wildman–Crippen LogP) is -2.70. The van der Waals surface area contributed by atoms with Crippen LogP contribution in [-0.2, 0) is 18.6 Å². The zero-order chi connectivity index (χ0) is 21.6. The van der Waals surface area contributed by atoms with Gasteiger partial charge in [0.25, 0.3) is 5.56 Å². The summed E-state index contributed by atoms with van der Waals surface area (Å²) < 4.78 is 21.0. The van der Waals surface area contributed by atoms with Crippen LogP contribution in [-0.4, -0.2) is 45.9 Å². The Morgan fingerprint density at radius 1 is 1.52 bits per heavy atom. The molecule has 3 atom stereocenters. The molecule has 1 fully saturated rings. The first-order valence-electron chi connectivity index (χ1n) is 8.72. The molecule has 0 unspecified atom stereocenters.